The van der Waals surface area contributed by atoms with Gasteiger partial charge in [-0.05, 0) is 42.5 Å². The Balaban J connectivity index is 1.98. The smallest absolute Gasteiger partial charge is 0.252 e. The van der Waals surface area contributed by atoms with Gasteiger partial charge in [-0.25, -0.2) is 4.39 Å². The topological polar surface area (TPSA) is 49.3 Å². The van der Waals surface area contributed by atoms with E-state index in [1.54, 1.807) is 23.9 Å². The van der Waals surface area contributed by atoms with Crippen LogP contribution in [0.3, 0.4) is 0 Å². The molecule has 1 heterocycles. The molecule has 2 N–H and O–H groups in total. The van der Waals surface area contributed by atoms with Gasteiger partial charge in [0.1, 0.15) is 11.4 Å². The molecule has 0 saturated carbocycles. The van der Waals surface area contributed by atoms with E-state index >= 15 is 0 Å². The third-order valence-electron chi connectivity index (χ3n) is 3.19. The van der Waals surface area contributed by atoms with Crippen molar-refractivity contribution in [3.63, 3.8) is 0 Å². The number of amides is 1. The third kappa shape index (κ3) is 3.70. The average Bonchev–Trinajstić information content (AvgIpc) is 2.40. The highest BCUT2D eigenvalue weighted by molar-refractivity contribution is 9.10. The minimum absolute atomic E-state index is 0.0829. The first-order valence-corrected chi connectivity index (χ1v) is 7.98. The molecule has 6 heteroatoms. The Labute approximate surface area is 124 Å². The molecule has 104 valence electrons. The summed E-state index contributed by atoms with van der Waals surface area (Å²) in [5, 5.41) is 12.8. The lowest BCUT2D eigenvalue weighted by molar-refractivity contribution is -0.140. The summed E-state index contributed by atoms with van der Waals surface area (Å²) in [7, 11) is 0. The van der Waals surface area contributed by atoms with E-state index in [1.807, 2.05) is 0 Å². The van der Waals surface area contributed by atoms with Gasteiger partial charge in [-0.15, -0.1) is 0 Å². The second-order valence-corrected chi connectivity index (χ2v) is 6.70. The molecule has 3 nitrogen and oxygen atoms in total. The fourth-order valence-corrected chi connectivity index (χ4v) is 3.53. The van der Waals surface area contributed by atoms with Crippen LogP contribution in [0.25, 0.3) is 0 Å². The molecule has 1 aromatic rings. The van der Waals surface area contributed by atoms with Crippen molar-refractivity contribution in [2.75, 3.05) is 11.5 Å². The van der Waals surface area contributed by atoms with Crippen LogP contribution < -0.4 is 5.32 Å². The molecule has 0 radical (unpaired) electrons. The average molecular weight is 348 g/mol. The molecule has 1 aromatic carbocycles. The van der Waals surface area contributed by atoms with Crippen molar-refractivity contribution in [1.82, 2.24) is 5.32 Å². The van der Waals surface area contributed by atoms with Crippen LogP contribution in [0.1, 0.15) is 18.4 Å². The highest BCUT2D eigenvalue weighted by Crippen LogP contribution is 2.27. The van der Waals surface area contributed by atoms with Gasteiger partial charge in [-0.1, -0.05) is 15.9 Å². The van der Waals surface area contributed by atoms with Crippen molar-refractivity contribution >= 4 is 33.6 Å². The molecule has 0 spiro atoms. The van der Waals surface area contributed by atoms with Crippen molar-refractivity contribution in [3.8, 4) is 0 Å². The molecule has 19 heavy (non-hydrogen) atoms. The van der Waals surface area contributed by atoms with E-state index in [1.165, 1.54) is 6.07 Å². The van der Waals surface area contributed by atoms with Crippen LogP contribution >= 0.6 is 27.7 Å². The zero-order valence-corrected chi connectivity index (χ0v) is 12.7. The van der Waals surface area contributed by atoms with Crippen LogP contribution in [0.15, 0.2) is 22.7 Å². The van der Waals surface area contributed by atoms with Gasteiger partial charge in [0.25, 0.3) is 5.91 Å². The number of carbonyl (C=O) groups excluding carboxylic acids is 1. The molecule has 0 unspecified atom stereocenters. The van der Waals surface area contributed by atoms with E-state index in [0.29, 0.717) is 18.4 Å². The van der Waals surface area contributed by atoms with Crippen LogP contribution in [-0.4, -0.2) is 28.1 Å². The quantitative estimate of drug-likeness (QED) is 0.882. The van der Waals surface area contributed by atoms with Gasteiger partial charge in [0, 0.05) is 16.6 Å². The molecule has 0 atom stereocenters. The SMILES string of the molecule is O=C(NCc1cc(Br)ccc1F)C1(O)CCSCC1. The number of halogens is 2. The predicted molar refractivity (Wildman–Crippen MR) is 77.5 cm³/mol. The van der Waals surface area contributed by atoms with Crippen LogP contribution in [-0.2, 0) is 11.3 Å². The molecule has 1 saturated heterocycles. The van der Waals surface area contributed by atoms with Gasteiger partial charge < -0.3 is 10.4 Å². The number of nitrogens with one attached hydrogen (secondary N) is 1. The van der Waals surface area contributed by atoms with Crippen molar-refractivity contribution < 1.29 is 14.3 Å². The third-order valence-corrected chi connectivity index (χ3v) is 4.67. The Morgan fingerprint density at radius 1 is 1.47 bits per heavy atom. The largest absolute Gasteiger partial charge is 0.380 e. The molecule has 1 aliphatic heterocycles. The standard InChI is InChI=1S/C13H15BrFNO2S/c14-10-1-2-11(15)9(7-10)8-16-12(17)13(18)3-5-19-6-4-13/h1-2,7,18H,3-6,8H2,(H,16,17). The van der Waals surface area contributed by atoms with Gasteiger partial charge in [0.05, 0.1) is 0 Å². The highest BCUT2D eigenvalue weighted by Gasteiger charge is 2.37. The molecule has 2 rings (SSSR count). The Morgan fingerprint density at radius 2 is 2.16 bits per heavy atom. The van der Waals surface area contributed by atoms with Crippen LogP contribution in [0.2, 0.25) is 0 Å². The second kappa shape index (κ2) is 6.24. The molecular weight excluding hydrogens is 333 g/mol. The minimum Gasteiger partial charge on any atom is -0.380 e. The van der Waals surface area contributed by atoms with E-state index in [0.717, 1.165) is 16.0 Å². The monoisotopic (exact) mass is 347 g/mol. The van der Waals surface area contributed by atoms with Crippen molar-refractivity contribution in [2.24, 2.45) is 0 Å². The summed E-state index contributed by atoms with van der Waals surface area (Å²) in [6, 6.07) is 4.57. The summed E-state index contributed by atoms with van der Waals surface area (Å²) in [4.78, 5) is 12.0. The normalized spacial score (nSPS) is 18.1. The minimum atomic E-state index is -1.30. The Morgan fingerprint density at radius 3 is 2.84 bits per heavy atom. The summed E-state index contributed by atoms with van der Waals surface area (Å²) >= 11 is 4.99. The maximum Gasteiger partial charge on any atom is 0.252 e. The number of thioether (sulfide) groups is 1. The highest BCUT2D eigenvalue weighted by atomic mass is 79.9. The number of carbonyl (C=O) groups is 1. The van der Waals surface area contributed by atoms with Gasteiger partial charge in [0.2, 0.25) is 0 Å². The fraction of sp³-hybridized carbons (Fsp3) is 0.462. The van der Waals surface area contributed by atoms with Gasteiger partial charge >= 0.3 is 0 Å². The first kappa shape index (κ1) is 14.8. The van der Waals surface area contributed by atoms with Crippen LogP contribution in [0, 0.1) is 5.82 Å². The van der Waals surface area contributed by atoms with Crippen molar-refractivity contribution in [2.45, 2.75) is 25.0 Å². The molecule has 1 fully saturated rings. The lowest BCUT2D eigenvalue weighted by Gasteiger charge is -2.30. The van der Waals surface area contributed by atoms with Gasteiger partial charge in [-0.2, -0.15) is 11.8 Å². The maximum atomic E-state index is 13.5. The Kier molecular flexibility index (Phi) is 4.86. The molecule has 0 bridgehead atoms. The van der Waals surface area contributed by atoms with E-state index in [4.69, 9.17) is 0 Å². The van der Waals surface area contributed by atoms with E-state index in [2.05, 4.69) is 21.2 Å². The molecule has 0 aliphatic carbocycles. The van der Waals surface area contributed by atoms with E-state index < -0.39 is 11.5 Å². The second-order valence-electron chi connectivity index (χ2n) is 4.56. The predicted octanol–water partition coefficient (Wildman–Crippen LogP) is 2.46. The van der Waals surface area contributed by atoms with Gasteiger partial charge in [-0.3, -0.25) is 4.79 Å². The zero-order chi connectivity index (χ0) is 13.9. The van der Waals surface area contributed by atoms with Crippen LogP contribution in [0.4, 0.5) is 4.39 Å². The summed E-state index contributed by atoms with van der Waals surface area (Å²) in [6.45, 7) is 0.0829. The van der Waals surface area contributed by atoms with Crippen molar-refractivity contribution in [3.05, 3.63) is 34.1 Å². The molecule has 1 aliphatic rings. The Bertz CT molecular complexity index is 478. The lowest BCUT2D eigenvalue weighted by atomic mass is 9.95. The molecule has 0 aromatic heterocycles. The number of hydrogen-bond donors (Lipinski definition) is 2. The summed E-state index contributed by atoms with van der Waals surface area (Å²) in [5.41, 5.74) is -0.898. The number of hydrogen-bond acceptors (Lipinski definition) is 3. The van der Waals surface area contributed by atoms with E-state index in [9.17, 15) is 14.3 Å². The first-order valence-electron chi connectivity index (χ1n) is 6.04. The molecule has 1 amide bonds. The summed E-state index contributed by atoms with van der Waals surface area (Å²) in [6.07, 6.45) is 0.898. The number of aliphatic hydroxyl groups is 1. The fourth-order valence-electron chi connectivity index (χ4n) is 1.95. The first-order chi connectivity index (χ1) is 9.01. The number of benzene rings is 1. The summed E-state index contributed by atoms with van der Waals surface area (Å²) in [5.74, 6) is 0.770. The maximum absolute atomic E-state index is 13.5. The lowest BCUT2D eigenvalue weighted by Crippen LogP contribution is -2.48. The van der Waals surface area contributed by atoms with Gasteiger partial charge in [0.15, 0.2) is 0 Å². The van der Waals surface area contributed by atoms with Crippen molar-refractivity contribution in [1.29, 1.82) is 0 Å². The Hall–Kier alpha value is -0.590. The zero-order valence-electron chi connectivity index (χ0n) is 10.3. The number of rotatable bonds is 3. The van der Waals surface area contributed by atoms with E-state index in [-0.39, 0.29) is 12.4 Å². The summed E-state index contributed by atoms with van der Waals surface area (Å²) < 4.78 is 14.3. The molecular formula is C13H15BrFNO2S. The van der Waals surface area contributed by atoms with Crippen LogP contribution in [0.5, 0.6) is 0 Å².